The van der Waals surface area contributed by atoms with Gasteiger partial charge < -0.3 is 14.9 Å². The van der Waals surface area contributed by atoms with E-state index >= 15 is 0 Å². The van der Waals surface area contributed by atoms with E-state index in [2.05, 4.69) is 0 Å². The van der Waals surface area contributed by atoms with Gasteiger partial charge in [0.05, 0.1) is 13.5 Å². The van der Waals surface area contributed by atoms with Crippen molar-refractivity contribution in [2.75, 3.05) is 7.11 Å². The van der Waals surface area contributed by atoms with E-state index in [-0.39, 0.29) is 29.5 Å². The lowest BCUT2D eigenvalue weighted by molar-refractivity contribution is -0.121. The Labute approximate surface area is 158 Å². The molecule has 2 aromatic carbocycles. The fourth-order valence-corrected chi connectivity index (χ4v) is 2.42. The van der Waals surface area contributed by atoms with Crippen LogP contribution in [0.25, 0.3) is 0 Å². The maximum atomic E-state index is 11.9. The minimum absolute atomic E-state index is 0.0611. The van der Waals surface area contributed by atoms with Crippen molar-refractivity contribution in [1.82, 2.24) is 0 Å². The van der Waals surface area contributed by atoms with Crippen LogP contribution < -0.4 is 4.74 Å². The number of carbonyl (C=O) groups excluding carboxylic acids is 2. The summed E-state index contributed by atoms with van der Waals surface area (Å²) in [6.45, 7) is 0. The number of hydrogen-bond donors (Lipinski definition) is 2. The summed E-state index contributed by atoms with van der Waals surface area (Å²) >= 11 is 0. The van der Waals surface area contributed by atoms with Gasteiger partial charge in [-0.2, -0.15) is 0 Å². The number of allylic oxidation sites excluding steroid dienone is 4. The summed E-state index contributed by atoms with van der Waals surface area (Å²) in [4.78, 5) is 23.7. The number of rotatable bonds is 9. The van der Waals surface area contributed by atoms with Crippen LogP contribution in [0.1, 0.15) is 17.5 Å². The van der Waals surface area contributed by atoms with E-state index in [1.54, 1.807) is 48.6 Å². The first-order chi connectivity index (χ1) is 13.0. The first kappa shape index (κ1) is 20.0. The third kappa shape index (κ3) is 6.82. The lowest BCUT2D eigenvalue weighted by Crippen LogP contribution is -2.02. The van der Waals surface area contributed by atoms with Gasteiger partial charge in [-0.15, -0.1) is 0 Å². The highest BCUT2D eigenvalue weighted by Crippen LogP contribution is 2.26. The van der Waals surface area contributed by atoms with E-state index in [1.807, 2.05) is 0 Å². The number of aromatic hydroxyl groups is 2. The molecule has 0 amide bonds. The molecule has 0 radical (unpaired) electrons. The van der Waals surface area contributed by atoms with Gasteiger partial charge in [0.15, 0.2) is 23.1 Å². The largest absolute Gasteiger partial charge is 0.508 e. The van der Waals surface area contributed by atoms with Crippen molar-refractivity contribution in [2.45, 2.75) is 19.3 Å². The molecular formula is C22H22O5. The Morgan fingerprint density at radius 2 is 1.44 bits per heavy atom. The first-order valence-electron chi connectivity index (χ1n) is 8.50. The summed E-state index contributed by atoms with van der Waals surface area (Å²) < 4.78 is 5.04. The van der Waals surface area contributed by atoms with Crippen LogP contribution >= 0.6 is 0 Å². The third-order valence-corrected chi connectivity index (χ3v) is 3.84. The highest BCUT2D eigenvalue weighted by molar-refractivity contribution is 6.08. The molecule has 0 unspecified atom stereocenters. The second-order valence-corrected chi connectivity index (χ2v) is 6.00. The number of carbonyl (C=O) groups is 2. The Morgan fingerprint density at radius 1 is 0.889 bits per heavy atom. The first-order valence-corrected chi connectivity index (χ1v) is 8.50. The molecule has 0 aliphatic heterocycles. The molecule has 5 nitrogen and oxygen atoms in total. The zero-order valence-electron chi connectivity index (χ0n) is 15.1. The van der Waals surface area contributed by atoms with Crippen LogP contribution in [-0.4, -0.2) is 28.9 Å². The summed E-state index contributed by atoms with van der Waals surface area (Å²) in [5.74, 6) is 0.115. The maximum absolute atomic E-state index is 11.9. The number of hydrogen-bond acceptors (Lipinski definition) is 5. The number of ketones is 2. The SMILES string of the molecule is COc1cc(CC=CC(=O)CC(=O)C=CCc2ccc(O)cc2)ccc1O. The molecule has 0 saturated heterocycles. The second-order valence-electron chi connectivity index (χ2n) is 6.00. The molecule has 0 aliphatic carbocycles. The van der Waals surface area contributed by atoms with Crippen molar-refractivity contribution in [3.05, 3.63) is 77.9 Å². The molecule has 0 atom stereocenters. The van der Waals surface area contributed by atoms with Gasteiger partial charge in [-0.3, -0.25) is 9.59 Å². The summed E-state index contributed by atoms with van der Waals surface area (Å²) in [5, 5.41) is 18.8. The van der Waals surface area contributed by atoms with E-state index in [1.165, 1.54) is 25.3 Å². The van der Waals surface area contributed by atoms with Crippen LogP contribution in [0.2, 0.25) is 0 Å². The molecule has 0 bridgehead atoms. The van der Waals surface area contributed by atoms with Crippen molar-refractivity contribution < 1.29 is 24.5 Å². The predicted octanol–water partition coefficient (Wildman–Crippen LogP) is 3.53. The third-order valence-electron chi connectivity index (χ3n) is 3.84. The molecule has 2 N–H and O–H groups in total. The summed E-state index contributed by atoms with van der Waals surface area (Å²) in [6.07, 6.45) is 7.05. The molecule has 2 aromatic rings. The van der Waals surface area contributed by atoms with Crippen LogP contribution in [0.4, 0.5) is 0 Å². The zero-order valence-corrected chi connectivity index (χ0v) is 15.1. The molecule has 0 aliphatic rings. The quantitative estimate of drug-likeness (QED) is 0.524. The highest BCUT2D eigenvalue weighted by Gasteiger charge is 2.04. The van der Waals surface area contributed by atoms with Gasteiger partial charge in [0.1, 0.15) is 5.75 Å². The standard InChI is InChI=1S/C22H22O5/c1-27-22-14-17(10-13-21(22)26)5-3-7-20(25)15-19(24)6-2-4-16-8-11-18(23)12-9-16/h2-3,6-14,23,26H,4-5,15H2,1H3. The van der Waals surface area contributed by atoms with Gasteiger partial charge in [-0.1, -0.05) is 30.4 Å². The van der Waals surface area contributed by atoms with Crippen LogP contribution in [0.5, 0.6) is 17.2 Å². The van der Waals surface area contributed by atoms with Gasteiger partial charge in [0, 0.05) is 0 Å². The summed E-state index contributed by atoms with van der Waals surface area (Å²) in [6, 6.07) is 11.7. The van der Waals surface area contributed by atoms with Crippen molar-refractivity contribution in [2.24, 2.45) is 0 Å². The molecule has 0 saturated carbocycles. The second kappa shape index (κ2) is 9.97. The van der Waals surface area contributed by atoms with Crippen LogP contribution in [0.15, 0.2) is 66.8 Å². The van der Waals surface area contributed by atoms with Gasteiger partial charge in [0.25, 0.3) is 0 Å². The van der Waals surface area contributed by atoms with Gasteiger partial charge >= 0.3 is 0 Å². The Bertz CT molecular complexity index is 848. The fourth-order valence-electron chi connectivity index (χ4n) is 2.42. The number of methoxy groups -OCH3 is 1. The van der Waals surface area contributed by atoms with E-state index in [0.717, 1.165) is 11.1 Å². The van der Waals surface area contributed by atoms with Crippen LogP contribution in [-0.2, 0) is 22.4 Å². The van der Waals surface area contributed by atoms with Gasteiger partial charge in [-0.25, -0.2) is 0 Å². The number of phenolic OH excluding ortho intramolecular Hbond substituents is 2. The minimum Gasteiger partial charge on any atom is -0.508 e. The van der Waals surface area contributed by atoms with Crippen molar-refractivity contribution in [3.8, 4) is 17.2 Å². The average Bonchev–Trinajstić information content (AvgIpc) is 2.64. The Morgan fingerprint density at radius 3 is 2.04 bits per heavy atom. The molecule has 2 rings (SSSR count). The molecule has 0 aromatic heterocycles. The van der Waals surface area contributed by atoms with E-state index in [0.29, 0.717) is 18.6 Å². The lowest BCUT2D eigenvalue weighted by atomic mass is 10.1. The highest BCUT2D eigenvalue weighted by atomic mass is 16.5. The van der Waals surface area contributed by atoms with Gasteiger partial charge in [0.2, 0.25) is 0 Å². The minimum atomic E-state index is -0.264. The maximum Gasteiger partial charge on any atom is 0.163 e. The topological polar surface area (TPSA) is 83.8 Å². The number of phenols is 2. The molecule has 0 fully saturated rings. The van der Waals surface area contributed by atoms with Crippen molar-refractivity contribution in [3.63, 3.8) is 0 Å². The number of ether oxygens (including phenoxy) is 1. The molecular weight excluding hydrogens is 344 g/mol. The Balaban J connectivity index is 1.78. The number of benzene rings is 2. The normalized spacial score (nSPS) is 11.1. The summed E-state index contributed by atoms with van der Waals surface area (Å²) in [5.41, 5.74) is 1.85. The fraction of sp³-hybridized carbons (Fsp3) is 0.182. The van der Waals surface area contributed by atoms with Crippen LogP contribution in [0.3, 0.4) is 0 Å². The molecule has 0 heterocycles. The molecule has 5 heteroatoms. The van der Waals surface area contributed by atoms with E-state index < -0.39 is 0 Å². The smallest absolute Gasteiger partial charge is 0.163 e. The Hall–Kier alpha value is -3.34. The Kier molecular flexibility index (Phi) is 7.37. The predicted molar refractivity (Wildman–Crippen MR) is 103 cm³/mol. The lowest BCUT2D eigenvalue weighted by Gasteiger charge is -2.04. The monoisotopic (exact) mass is 366 g/mol. The van der Waals surface area contributed by atoms with E-state index in [9.17, 15) is 19.8 Å². The van der Waals surface area contributed by atoms with Crippen LogP contribution in [0, 0.1) is 0 Å². The van der Waals surface area contributed by atoms with Gasteiger partial charge in [-0.05, 0) is 60.4 Å². The van der Waals surface area contributed by atoms with E-state index in [4.69, 9.17) is 4.74 Å². The molecule has 27 heavy (non-hydrogen) atoms. The molecule has 0 spiro atoms. The van der Waals surface area contributed by atoms with Crippen molar-refractivity contribution in [1.29, 1.82) is 0 Å². The zero-order chi connectivity index (χ0) is 19.6. The molecule has 140 valence electrons. The summed E-state index contributed by atoms with van der Waals surface area (Å²) in [7, 11) is 1.47. The van der Waals surface area contributed by atoms with Crippen molar-refractivity contribution >= 4 is 11.6 Å². The average molecular weight is 366 g/mol.